The van der Waals surface area contributed by atoms with E-state index in [1.807, 2.05) is 30.3 Å². The fourth-order valence-corrected chi connectivity index (χ4v) is 2.74. The Hall–Kier alpha value is -2.74. The fraction of sp³-hybridized carbons (Fsp3) is 0.0526. The van der Waals surface area contributed by atoms with Crippen molar-refractivity contribution in [1.29, 1.82) is 0 Å². The van der Waals surface area contributed by atoms with Crippen LogP contribution in [0.4, 0.5) is 11.4 Å². The van der Waals surface area contributed by atoms with Gasteiger partial charge in [0, 0.05) is 7.05 Å². The Morgan fingerprint density at radius 1 is 0.667 bits per heavy atom. The molecule has 0 N–H and O–H groups in total. The van der Waals surface area contributed by atoms with Crippen LogP contribution in [-0.2, 0) is 0 Å². The molecule has 0 saturated heterocycles. The molecule has 0 fully saturated rings. The van der Waals surface area contributed by atoms with E-state index in [9.17, 15) is 0 Å². The second-order valence-electron chi connectivity index (χ2n) is 5.18. The molecule has 0 amide bonds. The number of benzene rings is 3. The summed E-state index contributed by atoms with van der Waals surface area (Å²) in [4.78, 5) is 2.18. The number of rotatable bonds is 1. The molecule has 1 heterocycles. The van der Waals surface area contributed by atoms with E-state index in [0.717, 1.165) is 22.9 Å². The van der Waals surface area contributed by atoms with Gasteiger partial charge >= 0.3 is 0 Å². The van der Waals surface area contributed by atoms with Gasteiger partial charge < -0.3 is 9.64 Å². The third-order valence-corrected chi connectivity index (χ3v) is 3.87. The van der Waals surface area contributed by atoms with Crippen LogP contribution in [0.15, 0.2) is 72.8 Å². The van der Waals surface area contributed by atoms with Gasteiger partial charge in [-0.25, -0.2) is 0 Å². The van der Waals surface area contributed by atoms with Gasteiger partial charge in [-0.2, -0.15) is 0 Å². The average Bonchev–Trinajstić information content (AvgIpc) is 2.56. The summed E-state index contributed by atoms with van der Waals surface area (Å²) in [5, 5.41) is 0. The first-order valence-electron chi connectivity index (χ1n) is 7.03. The largest absolute Gasteiger partial charge is 0.453 e. The number of para-hydroxylation sites is 2. The van der Waals surface area contributed by atoms with Crippen molar-refractivity contribution in [2.45, 2.75) is 0 Å². The van der Waals surface area contributed by atoms with E-state index in [2.05, 4.69) is 54.4 Å². The standard InChI is InChI=1S/C19H15NO/c1-20-16-9-5-6-10-18(16)21-19-12-11-15(13-17(19)20)14-7-3-2-4-8-14/h2-13H,1H3. The highest BCUT2D eigenvalue weighted by molar-refractivity contribution is 5.81. The van der Waals surface area contributed by atoms with Crippen molar-refractivity contribution in [2.75, 3.05) is 11.9 Å². The zero-order chi connectivity index (χ0) is 14.2. The zero-order valence-corrected chi connectivity index (χ0v) is 11.8. The van der Waals surface area contributed by atoms with Crippen molar-refractivity contribution in [3.8, 4) is 22.6 Å². The van der Waals surface area contributed by atoms with Gasteiger partial charge in [0.1, 0.15) is 0 Å². The smallest absolute Gasteiger partial charge is 0.151 e. The Morgan fingerprint density at radius 3 is 2.24 bits per heavy atom. The minimum absolute atomic E-state index is 0.899. The van der Waals surface area contributed by atoms with Gasteiger partial charge in [0.15, 0.2) is 11.5 Å². The average molecular weight is 273 g/mol. The molecule has 0 unspecified atom stereocenters. The van der Waals surface area contributed by atoms with Crippen LogP contribution in [0.5, 0.6) is 11.5 Å². The van der Waals surface area contributed by atoms with Crippen LogP contribution in [0.1, 0.15) is 0 Å². The van der Waals surface area contributed by atoms with Crippen molar-refractivity contribution in [3.05, 3.63) is 72.8 Å². The summed E-state index contributed by atoms with van der Waals surface area (Å²) in [5.74, 6) is 1.80. The van der Waals surface area contributed by atoms with Gasteiger partial charge in [0.2, 0.25) is 0 Å². The van der Waals surface area contributed by atoms with Gasteiger partial charge in [0.25, 0.3) is 0 Å². The van der Waals surface area contributed by atoms with Crippen molar-refractivity contribution in [3.63, 3.8) is 0 Å². The van der Waals surface area contributed by atoms with Crippen LogP contribution in [-0.4, -0.2) is 7.05 Å². The molecule has 0 spiro atoms. The number of ether oxygens (including phenoxy) is 1. The first-order chi connectivity index (χ1) is 10.3. The molecule has 2 nitrogen and oxygen atoms in total. The van der Waals surface area contributed by atoms with E-state index in [0.29, 0.717) is 0 Å². The molecule has 0 saturated carbocycles. The lowest BCUT2D eigenvalue weighted by Gasteiger charge is -2.30. The van der Waals surface area contributed by atoms with E-state index in [1.165, 1.54) is 11.1 Å². The van der Waals surface area contributed by atoms with Crippen LogP contribution >= 0.6 is 0 Å². The third-order valence-electron chi connectivity index (χ3n) is 3.87. The molecule has 0 bridgehead atoms. The molecule has 0 radical (unpaired) electrons. The topological polar surface area (TPSA) is 12.5 Å². The first-order valence-corrected chi connectivity index (χ1v) is 7.03. The van der Waals surface area contributed by atoms with Crippen LogP contribution in [0.2, 0.25) is 0 Å². The van der Waals surface area contributed by atoms with Crippen molar-refractivity contribution < 1.29 is 4.74 Å². The van der Waals surface area contributed by atoms with Crippen LogP contribution < -0.4 is 9.64 Å². The predicted octanol–water partition coefficient (Wildman–Crippen LogP) is 5.23. The molecule has 1 aliphatic heterocycles. The van der Waals surface area contributed by atoms with E-state index in [4.69, 9.17) is 4.74 Å². The van der Waals surface area contributed by atoms with Crippen molar-refractivity contribution >= 4 is 11.4 Å². The van der Waals surface area contributed by atoms with E-state index >= 15 is 0 Å². The third kappa shape index (κ3) is 1.96. The minimum atomic E-state index is 0.899. The normalized spacial score (nSPS) is 12.3. The lowest BCUT2D eigenvalue weighted by molar-refractivity contribution is 0.475. The lowest BCUT2D eigenvalue weighted by atomic mass is 10.0. The molecule has 0 aromatic heterocycles. The SMILES string of the molecule is CN1c2ccccc2Oc2ccc(-c3ccccc3)cc21. The molecule has 3 aromatic carbocycles. The summed E-state index contributed by atoms with van der Waals surface area (Å²) >= 11 is 0. The van der Waals surface area contributed by atoms with Crippen LogP contribution in [0.3, 0.4) is 0 Å². The molecule has 4 rings (SSSR count). The van der Waals surface area contributed by atoms with Crippen molar-refractivity contribution in [1.82, 2.24) is 0 Å². The molecule has 3 aromatic rings. The number of hydrogen-bond donors (Lipinski definition) is 0. The van der Waals surface area contributed by atoms with Crippen LogP contribution in [0.25, 0.3) is 11.1 Å². The van der Waals surface area contributed by atoms with Gasteiger partial charge in [-0.15, -0.1) is 0 Å². The maximum atomic E-state index is 6.00. The molecule has 21 heavy (non-hydrogen) atoms. The number of nitrogens with zero attached hydrogens (tertiary/aromatic N) is 1. The number of fused-ring (bicyclic) bond motifs is 2. The Balaban J connectivity index is 1.83. The predicted molar refractivity (Wildman–Crippen MR) is 86.5 cm³/mol. The second-order valence-corrected chi connectivity index (χ2v) is 5.18. The minimum Gasteiger partial charge on any atom is -0.453 e. The first kappa shape index (κ1) is 12.0. The number of hydrogen-bond acceptors (Lipinski definition) is 2. The molecule has 0 atom stereocenters. The Morgan fingerprint density at radius 2 is 1.38 bits per heavy atom. The van der Waals surface area contributed by atoms with Gasteiger partial charge in [0.05, 0.1) is 11.4 Å². The fourth-order valence-electron chi connectivity index (χ4n) is 2.74. The van der Waals surface area contributed by atoms with Crippen LogP contribution in [0, 0.1) is 0 Å². The maximum absolute atomic E-state index is 6.00. The van der Waals surface area contributed by atoms with E-state index in [-0.39, 0.29) is 0 Å². The highest BCUT2D eigenvalue weighted by Gasteiger charge is 2.21. The van der Waals surface area contributed by atoms with Gasteiger partial charge in [-0.1, -0.05) is 48.5 Å². The molecular formula is C19H15NO. The zero-order valence-electron chi connectivity index (χ0n) is 11.8. The van der Waals surface area contributed by atoms with Gasteiger partial charge in [-0.3, -0.25) is 0 Å². The molecule has 2 heteroatoms. The second kappa shape index (κ2) is 4.67. The summed E-state index contributed by atoms with van der Waals surface area (Å²) in [6.45, 7) is 0. The molecule has 0 aliphatic carbocycles. The maximum Gasteiger partial charge on any atom is 0.151 e. The summed E-state index contributed by atoms with van der Waals surface area (Å²) in [7, 11) is 2.08. The number of anilines is 2. The van der Waals surface area contributed by atoms with E-state index in [1.54, 1.807) is 0 Å². The molecule has 102 valence electrons. The van der Waals surface area contributed by atoms with Gasteiger partial charge in [-0.05, 0) is 35.4 Å². The van der Waals surface area contributed by atoms with Crippen molar-refractivity contribution in [2.24, 2.45) is 0 Å². The summed E-state index contributed by atoms with van der Waals surface area (Å²) in [6, 6.07) is 24.8. The monoisotopic (exact) mass is 273 g/mol. The highest BCUT2D eigenvalue weighted by atomic mass is 16.5. The highest BCUT2D eigenvalue weighted by Crippen LogP contribution is 2.46. The lowest BCUT2D eigenvalue weighted by Crippen LogP contribution is -2.15. The summed E-state index contributed by atoms with van der Waals surface area (Å²) < 4.78 is 6.00. The van der Waals surface area contributed by atoms with E-state index < -0.39 is 0 Å². The summed E-state index contributed by atoms with van der Waals surface area (Å²) in [5.41, 5.74) is 4.60. The Bertz CT molecular complexity index is 796. The summed E-state index contributed by atoms with van der Waals surface area (Å²) in [6.07, 6.45) is 0. The Labute approximate surface area is 124 Å². The molecular weight excluding hydrogens is 258 g/mol. The Kier molecular flexibility index (Phi) is 2.68. The quantitative estimate of drug-likeness (QED) is 0.602. The molecule has 1 aliphatic rings.